The van der Waals surface area contributed by atoms with Crippen LogP contribution in [0.5, 0.6) is 0 Å². The lowest BCUT2D eigenvalue weighted by Crippen LogP contribution is -2.44. The zero-order valence-electron chi connectivity index (χ0n) is 15.8. The Bertz CT molecular complexity index is 734. The Hall–Kier alpha value is -1.88. The van der Waals surface area contributed by atoms with Crippen molar-refractivity contribution in [1.29, 1.82) is 0 Å². The maximum Gasteiger partial charge on any atom is 0.224 e. The van der Waals surface area contributed by atoms with Crippen LogP contribution in [0, 0.1) is 5.92 Å². The second kappa shape index (κ2) is 7.56. The Balaban J connectivity index is 1.77. The van der Waals surface area contributed by atoms with E-state index in [0.717, 1.165) is 43.8 Å². The predicted octanol–water partition coefficient (Wildman–Crippen LogP) is 3.35. The molecule has 0 spiro atoms. The molecule has 5 nitrogen and oxygen atoms in total. The second-order valence-electron chi connectivity index (χ2n) is 7.72. The maximum absolute atomic E-state index is 12.4. The van der Waals surface area contributed by atoms with Gasteiger partial charge >= 0.3 is 0 Å². The van der Waals surface area contributed by atoms with Crippen LogP contribution in [0.1, 0.15) is 52.4 Å². The first-order chi connectivity index (χ1) is 12.0. The number of carbonyl (C=O) groups is 1. The summed E-state index contributed by atoms with van der Waals surface area (Å²) in [7, 11) is 0. The molecule has 0 bridgehead atoms. The number of para-hydroxylation sites is 2. The van der Waals surface area contributed by atoms with E-state index in [4.69, 9.17) is 4.98 Å². The summed E-state index contributed by atoms with van der Waals surface area (Å²) >= 11 is 0. The fourth-order valence-corrected chi connectivity index (χ4v) is 3.80. The zero-order chi connectivity index (χ0) is 18.0. The van der Waals surface area contributed by atoms with Gasteiger partial charge in [-0.1, -0.05) is 12.1 Å². The molecule has 1 amide bonds. The topological polar surface area (TPSA) is 50.2 Å². The van der Waals surface area contributed by atoms with Gasteiger partial charge in [-0.2, -0.15) is 0 Å². The molecule has 1 saturated heterocycles. The number of likely N-dealkylation sites (tertiary alicyclic amines) is 1. The molecule has 0 saturated carbocycles. The molecule has 0 aliphatic carbocycles. The highest BCUT2D eigenvalue weighted by atomic mass is 16.2. The summed E-state index contributed by atoms with van der Waals surface area (Å²) in [4.78, 5) is 19.6. The SMILES string of the molecule is CC(C)NC(=O)[C@H]1CCCN(Cc2nc3ccccc3n2C(C)C)C1. The van der Waals surface area contributed by atoms with Crippen molar-refractivity contribution in [3.8, 4) is 0 Å². The van der Waals surface area contributed by atoms with Gasteiger partial charge < -0.3 is 9.88 Å². The molecule has 1 atom stereocenters. The van der Waals surface area contributed by atoms with Gasteiger partial charge in [-0.3, -0.25) is 9.69 Å². The molecule has 1 N–H and O–H groups in total. The predicted molar refractivity (Wildman–Crippen MR) is 101 cm³/mol. The lowest BCUT2D eigenvalue weighted by Gasteiger charge is -2.32. The van der Waals surface area contributed by atoms with Crippen LogP contribution in [0.2, 0.25) is 0 Å². The quantitative estimate of drug-likeness (QED) is 0.906. The van der Waals surface area contributed by atoms with Crippen molar-refractivity contribution < 1.29 is 4.79 Å². The van der Waals surface area contributed by atoms with E-state index in [9.17, 15) is 4.79 Å². The number of hydrogen-bond donors (Lipinski definition) is 1. The highest BCUT2D eigenvalue weighted by molar-refractivity contribution is 5.79. The van der Waals surface area contributed by atoms with Gasteiger partial charge in [0, 0.05) is 18.6 Å². The number of aromatic nitrogens is 2. The van der Waals surface area contributed by atoms with Crippen LogP contribution in [-0.2, 0) is 11.3 Å². The molecule has 1 aliphatic heterocycles. The minimum atomic E-state index is 0.0908. The summed E-state index contributed by atoms with van der Waals surface area (Å²) in [5.74, 6) is 1.38. The van der Waals surface area contributed by atoms with Gasteiger partial charge in [0.1, 0.15) is 5.82 Å². The summed E-state index contributed by atoms with van der Waals surface area (Å²) in [6.07, 6.45) is 2.05. The van der Waals surface area contributed by atoms with Gasteiger partial charge in [0.15, 0.2) is 0 Å². The monoisotopic (exact) mass is 342 g/mol. The van der Waals surface area contributed by atoms with E-state index in [1.165, 1.54) is 5.52 Å². The van der Waals surface area contributed by atoms with Crippen molar-refractivity contribution in [2.75, 3.05) is 13.1 Å². The van der Waals surface area contributed by atoms with E-state index in [2.05, 4.69) is 46.8 Å². The molecule has 0 unspecified atom stereocenters. The Morgan fingerprint density at radius 2 is 2.04 bits per heavy atom. The van der Waals surface area contributed by atoms with Crippen LogP contribution < -0.4 is 5.32 Å². The van der Waals surface area contributed by atoms with Gasteiger partial charge in [-0.25, -0.2) is 4.98 Å². The number of piperidine rings is 1. The standard InChI is InChI=1S/C20H30N4O/c1-14(2)21-20(25)16-8-7-11-23(12-16)13-19-22-17-9-5-6-10-18(17)24(19)15(3)4/h5-6,9-10,14-16H,7-8,11-13H2,1-4H3,(H,21,25)/t16-/m0/s1. The molecule has 1 aliphatic rings. The number of nitrogens with one attached hydrogen (secondary N) is 1. The van der Waals surface area contributed by atoms with E-state index in [0.29, 0.717) is 6.04 Å². The molecule has 0 radical (unpaired) electrons. The lowest BCUT2D eigenvalue weighted by molar-refractivity contribution is -0.127. The number of fused-ring (bicyclic) bond motifs is 1. The van der Waals surface area contributed by atoms with Crippen LogP contribution in [0.4, 0.5) is 0 Å². The Kier molecular flexibility index (Phi) is 5.42. The number of hydrogen-bond acceptors (Lipinski definition) is 3. The molecular formula is C20H30N4O. The molecule has 25 heavy (non-hydrogen) atoms. The largest absolute Gasteiger partial charge is 0.354 e. The van der Waals surface area contributed by atoms with Crippen LogP contribution in [-0.4, -0.2) is 39.5 Å². The van der Waals surface area contributed by atoms with Gasteiger partial charge in [0.2, 0.25) is 5.91 Å². The summed E-state index contributed by atoms with van der Waals surface area (Å²) in [5, 5.41) is 3.06. The zero-order valence-corrected chi connectivity index (χ0v) is 15.8. The summed E-state index contributed by atoms with van der Waals surface area (Å²) in [6, 6.07) is 8.89. The second-order valence-corrected chi connectivity index (χ2v) is 7.72. The summed E-state index contributed by atoms with van der Waals surface area (Å²) in [6.45, 7) is 11.1. The first kappa shape index (κ1) is 17.9. The highest BCUT2D eigenvalue weighted by Crippen LogP contribution is 2.24. The van der Waals surface area contributed by atoms with Crippen molar-refractivity contribution in [3.05, 3.63) is 30.1 Å². The van der Waals surface area contributed by atoms with E-state index >= 15 is 0 Å². The van der Waals surface area contributed by atoms with E-state index < -0.39 is 0 Å². The number of amides is 1. The normalized spacial score (nSPS) is 19.0. The molecule has 1 aromatic carbocycles. The average Bonchev–Trinajstić information content (AvgIpc) is 2.92. The van der Waals surface area contributed by atoms with Crippen molar-refractivity contribution in [2.24, 2.45) is 5.92 Å². The van der Waals surface area contributed by atoms with E-state index in [1.807, 2.05) is 19.9 Å². The number of imidazole rings is 1. The Morgan fingerprint density at radius 1 is 1.28 bits per heavy atom. The third kappa shape index (κ3) is 4.03. The summed E-state index contributed by atoms with van der Waals surface area (Å²) in [5.41, 5.74) is 2.25. The van der Waals surface area contributed by atoms with Crippen molar-refractivity contribution in [3.63, 3.8) is 0 Å². The smallest absolute Gasteiger partial charge is 0.224 e. The third-order valence-electron chi connectivity index (χ3n) is 4.86. The fraction of sp³-hybridized carbons (Fsp3) is 0.600. The Morgan fingerprint density at radius 3 is 2.76 bits per heavy atom. The molecule has 136 valence electrons. The van der Waals surface area contributed by atoms with E-state index in [1.54, 1.807) is 0 Å². The van der Waals surface area contributed by atoms with Gasteiger partial charge in [-0.05, 0) is 59.2 Å². The highest BCUT2D eigenvalue weighted by Gasteiger charge is 2.27. The molecule has 2 aromatic rings. The van der Waals surface area contributed by atoms with Crippen molar-refractivity contribution in [1.82, 2.24) is 19.8 Å². The van der Waals surface area contributed by atoms with Crippen LogP contribution in [0.15, 0.2) is 24.3 Å². The number of rotatable bonds is 5. The fourth-order valence-electron chi connectivity index (χ4n) is 3.80. The molecule has 3 rings (SSSR count). The van der Waals surface area contributed by atoms with Crippen molar-refractivity contribution >= 4 is 16.9 Å². The lowest BCUT2D eigenvalue weighted by atomic mass is 9.97. The van der Waals surface area contributed by atoms with Gasteiger partial charge in [0.05, 0.1) is 23.5 Å². The van der Waals surface area contributed by atoms with E-state index in [-0.39, 0.29) is 17.9 Å². The molecule has 1 aromatic heterocycles. The summed E-state index contributed by atoms with van der Waals surface area (Å²) < 4.78 is 2.33. The molecule has 1 fully saturated rings. The van der Waals surface area contributed by atoms with Crippen molar-refractivity contribution in [2.45, 2.75) is 59.2 Å². The molecular weight excluding hydrogens is 312 g/mol. The van der Waals surface area contributed by atoms with Gasteiger partial charge in [0.25, 0.3) is 0 Å². The minimum Gasteiger partial charge on any atom is -0.354 e. The molecule has 2 heterocycles. The number of benzene rings is 1. The minimum absolute atomic E-state index is 0.0908. The molecule has 5 heteroatoms. The van der Waals surface area contributed by atoms with Crippen LogP contribution in [0.3, 0.4) is 0 Å². The average molecular weight is 342 g/mol. The first-order valence-corrected chi connectivity index (χ1v) is 9.44. The van der Waals surface area contributed by atoms with Gasteiger partial charge in [-0.15, -0.1) is 0 Å². The number of carbonyl (C=O) groups excluding carboxylic acids is 1. The Labute approximate surface area is 150 Å². The maximum atomic E-state index is 12.4. The number of nitrogens with zero attached hydrogens (tertiary/aromatic N) is 3. The first-order valence-electron chi connectivity index (χ1n) is 9.44. The third-order valence-corrected chi connectivity index (χ3v) is 4.86. The van der Waals surface area contributed by atoms with Crippen LogP contribution in [0.25, 0.3) is 11.0 Å². The van der Waals surface area contributed by atoms with Crippen LogP contribution >= 0.6 is 0 Å².